The number of aryl methyl sites for hydroxylation is 1. The topological polar surface area (TPSA) is 66.5 Å². The Balaban J connectivity index is 1.54. The van der Waals surface area contributed by atoms with E-state index in [1.54, 1.807) is 39.9 Å². The van der Waals surface area contributed by atoms with E-state index >= 15 is 0 Å². The number of fused-ring (bicyclic) bond motifs is 1. The molecule has 2 aromatic rings. The monoisotopic (exact) mass is 404 g/mol. The average Bonchev–Trinajstić information content (AvgIpc) is 3.13. The fraction of sp³-hybridized carbons (Fsp3) is 0.450. The van der Waals surface area contributed by atoms with Gasteiger partial charge in [0.1, 0.15) is 0 Å². The molecule has 144 valence electrons. The summed E-state index contributed by atoms with van der Waals surface area (Å²) in [6, 6.07) is 6.61. The summed E-state index contributed by atoms with van der Waals surface area (Å²) >= 11 is 1.65. The van der Waals surface area contributed by atoms with Crippen molar-refractivity contribution in [3.05, 3.63) is 45.6 Å². The Labute approximate surface area is 164 Å². The number of thiophene rings is 1. The molecule has 1 N–H and O–H groups in total. The number of carbonyl (C=O) groups is 1. The first-order chi connectivity index (χ1) is 13.1. The summed E-state index contributed by atoms with van der Waals surface area (Å²) in [5, 5.41) is 4.82. The van der Waals surface area contributed by atoms with E-state index in [1.165, 1.54) is 16.9 Å². The Bertz CT molecular complexity index is 944. The van der Waals surface area contributed by atoms with Crippen LogP contribution < -0.4 is 5.32 Å². The van der Waals surface area contributed by atoms with Gasteiger partial charge in [0, 0.05) is 29.0 Å². The zero-order chi connectivity index (χ0) is 18.9. The number of amides is 1. The number of rotatable bonds is 4. The molecule has 5 nitrogen and oxygen atoms in total. The number of carbonyl (C=O) groups excluding carboxylic acids is 1. The molecule has 1 aliphatic carbocycles. The van der Waals surface area contributed by atoms with E-state index in [2.05, 4.69) is 5.32 Å². The van der Waals surface area contributed by atoms with Gasteiger partial charge < -0.3 is 5.32 Å². The highest BCUT2D eigenvalue weighted by atomic mass is 32.2. The van der Waals surface area contributed by atoms with Crippen molar-refractivity contribution in [3.8, 4) is 0 Å². The van der Waals surface area contributed by atoms with Gasteiger partial charge in [0.05, 0.1) is 10.5 Å². The quantitative estimate of drug-likeness (QED) is 0.836. The van der Waals surface area contributed by atoms with E-state index in [-0.39, 0.29) is 10.8 Å². The van der Waals surface area contributed by atoms with Gasteiger partial charge in [-0.3, -0.25) is 4.79 Å². The van der Waals surface area contributed by atoms with Crippen molar-refractivity contribution in [2.75, 3.05) is 18.4 Å². The first-order valence-corrected chi connectivity index (χ1v) is 11.9. The smallest absolute Gasteiger partial charge is 0.256 e. The van der Waals surface area contributed by atoms with Crippen LogP contribution >= 0.6 is 11.3 Å². The first kappa shape index (κ1) is 18.7. The van der Waals surface area contributed by atoms with Gasteiger partial charge in [-0.05, 0) is 62.3 Å². The van der Waals surface area contributed by atoms with Crippen LogP contribution in [0.15, 0.2) is 34.5 Å². The summed E-state index contributed by atoms with van der Waals surface area (Å²) in [6.45, 7) is 1.14. The van der Waals surface area contributed by atoms with Crippen molar-refractivity contribution in [3.63, 3.8) is 0 Å². The van der Waals surface area contributed by atoms with Crippen LogP contribution in [0.1, 0.15) is 52.9 Å². The molecule has 1 aromatic carbocycles. The number of piperidine rings is 1. The molecule has 1 saturated heterocycles. The third-order valence-electron chi connectivity index (χ3n) is 5.35. The van der Waals surface area contributed by atoms with Crippen molar-refractivity contribution < 1.29 is 13.2 Å². The van der Waals surface area contributed by atoms with Gasteiger partial charge in [0.15, 0.2) is 0 Å². The molecule has 0 spiro atoms. The summed E-state index contributed by atoms with van der Waals surface area (Å²) in [5.41, 5.74) is 2.42. The Morgan fingerprint density at radius 3 is 2.63 bits per heavy atom. The minimum Gasteiger partial charge on any atom is -0.322 e. The molecule has 2 aliphatic rings. The second kappa shape index (κ2) is 7.73. The number of anilines is 1. The molecule has 1 aliphatic heterocycles. The maximum Gasteiger partial charge on any atom is 0.256 e. The fourth-order valence-corrected chi connectivity index (χ4v) is 6.56. The molecule has 4 rings (SSSR count). The van der Waals surface area contributed by atoms with Crippen LogP contribution in [0.4, 0.5) is 5.69 Å². The van der Waals surface area contributed by atoms with Gasteiger partial charge in [-0.1, -0.05) is 12.5 Å². The normalized spacial score (nSPS) is 18.1. The molecule has 0 radical (unpaired) electrons. The van der Waals surface area contributed by atoms with E-state index in [0.29, 0.717) is 18.8 Å². The van der Waals surface area contributed by atoms with Crippen LogP contribution in [-0.4, -0.2) is 31.7 Å². The van der Waals surface area contributed by atoms with Crippen LogP contribution in [0.3, 0.4) is 0 Å². The number of sulfonamides is 1. The molecule has 1 aromatic heterocycles. The van der Waals surface area contributed by atoms with Crippen molar-refractivity contribution in [1.29, 1.82) is 0 Å². The standard InChI is InChI=1S/C20H24N2O3S2/c23-20(18-14-26-19-10-3-2-9-17(18)19)21-15-7-6-8-16(13-15)27(24,25)22-11-4-1-5-12-22/h6-8,13-14H,1-5,9-12H2,(H,21,23). The number of nitrogens with zero attached hydrogens (tertiary/aromatic N) is 1. The lowest BCUT2D eigenvalue weighted by atomic mass is 9.95. The van der Waals surface area contributed by atoms with Gasteiger partial charge >= 0.3 is 0 Å². The number of nitrogens with one attached hydrogen (secondary N) is 1. The summed E-state index contributed by atoms with van der Waals surface area (Å²) in [5.74, 6) is -0.151. The van der Waals surface area contributed by atoms with Gasteiger partial charge in [-0.2, -0.15) is 4.31 Å². The minimum atomic E-state index is -3.50. The predicted octanol–water partition coefficient (Wildman–Crippen LogP) is 4.05. The van der Waals surface area contributed by atoms with Crippen molar-refractivity contribution in [1.82, 2.24) is 4.31 Å². The highest BCUT2D eigenvalue weighted by Crippen LogP contribution is 2.31. The molecule has 0 saturated carbocycles. The fourth-order valence-electron chi connectivity index (χ4n) is 3.87. The van der Waals surface area contributed by atoms with Crippen LogP contribution in [-0.2, 0) is 22.9 Å². The molecule has 2 heterocycles. The molecular formula is C20H24N2O3S2. The zero-order valence-electron chi connectivity index (χ0n) is 15.2. The van der Waals surface area contributed by atoms with Crippen LogP contribution in [0.5, 0.6) is 0 Å². The predicted molar refractivity (Wildman–Crippen MR) is 108 cm³/mol. The lowest BCUT2D eigenvalue weighted by Gasteiger charge is -2.26. The third kappa shape index (κ3) is 3.81. The summed E-state index contributed by atoms with van der Waals surface area (Å²) in [4.78, 5) is 14.3. The van der Waals surface area contributed by atoms with Crippen LogP contribution in [0.2, 0.25) is 0 Å². The molecule has 1 fully saturated rings. The highest BCUT2D eigenvalue weighted by molar-refractivity contribution is 7.89. The van der Waals surface area contributed by atoms with Crippen LogP contribution in [0.25, 0.3) is 0 Å². The molecule has 0 atom stereocenters. The molecule has 0 unspecified atom stereocenters. The SMILES string of the molecule is O=C(Nc1cccc(S(=O)(=O)N2CCCCC2)c1)c1csc2c1CCCC2. The van der Waals surface area contributed by atoms with E-state index in [9.17, 15) is 13.2 Å². The summed E-state index contributed by atoms with van der Waals surface area (Å²) in [6.07, 6.45) is 7.19. The number of hydrogen-bond acceptors (Lipinski definition) is 4. The molecule has 27 heavy (non-hydrogen) atoms. The maximum absolute atomic E-state index is 12.9. The largest absolute Gasteiger partial charge is 0.322 e. The highest BCUT2D eigenvalue weighted by Gasteiger charge is 2.26. The van der Waals surface area contributed by atoms with Crippen molar-refractivity contribution in [2.24, 2.45) is 0 Å². The van der Waals surface area contributed by atoms with Gasteiger partial charge in [0.2, 0.25) is 10.0 Å². The molecule has 0 bridgehead atoms. The summed E-state index contributed by atoms with van der Waals surface area (Å²) in [7, 11) is -3.50. The van der Waals surface area contributed by atoms with Gasteiger partial charge in [-0.25, -0.2) is 8.42 Å². The van der Waals surface area contributed by atoms with Crippen LogP contribution in [0, 0.1) is 0 Å². The van der Waals surface area contributed by atoms with Crippen molar-refractivity contribution in [2.45, 2.75) is 49.8 Å². The van der Waals surface area contributed by atoms with Crippen molar-refractivity contribution >= 4 is 33.0 Å². The van der Waals surface area contributed by atoms with E-state index in [1.807, 2.05) is 5.38 Å². The zero-order valence-corrected chi connectivity index (χ0v) is 16.9. The summed E-state index contributed by atoms with van der Waals surface area (Å²) < 4.78 is 27.3. The second-order valence-corrected chi connectivity index (χ2v) is 10.1. The number of benzene rings is 1. The maximum atomic E-state index is 12.9. The lowest BCUT2D eigenvalue weighted by Crippen LogP contribution is -2.35. The Kier molecular flexibility index (Phi) is 5.34. The average molecular weight is 405 g/mol. The number of hydrogen-bond donors (Lipinski definition) is 1. The second-order valence-electron chi connectivity index (χ2n) is 7.20. The molecule has 7 heteroatoms. The molecular weight excluding hydrogens is 380 g/mol. The van der Waals surface area contributed by atoms with Gasteiger partial charge in [0.25, 0.3) is 5.91 Å². The Hall–Kier alpha value is -1.70. The minimum absolute atomic E-state index is 0.151. The van der Waals surface area contributed by atoms with E-state index < -0.39 is 10.0 Å². The Morgan fingerprint density at radius 1 is 1.04 bits per heavy atom. The Morgan fingerprint density at radius 2 is 1.81 bits per heavy atom. The van der Waals surface area contributed by atoms with E-state index in [0.717, 1.165) is 44.1 Å². The van der Waals surface area contributed by atoms with E-state index in [4.69, 9.17) is 0 Å². The lowest BCUT2D eigenvalue weighted by molar-refractivity contribution is 0.102. The van der Waals surface area contributed by atoms with Gasteiger partial charge in [-0.15, -0.1) is 11.3 Å². The molecule has 1 amide bonds. The third-order valence-corrected chi connectivity index (χ3v) is 8.33. The first-order valence-electron chi connectivity index (χ1n) is 9.56.